The second-order valence-corrected chi connectivity index (χ2v) is 6.52. The van der Waals surface area contributed by atoms with Gasteiger partial charge in [-0.3, -0.25) is 4.79 Å². The molecule has 2 aromatic carbocycles. The van der Waals surface area contributed by atoms with Crippen LogP contribution in [0.25, 0.3) is 0 Å². The van der Waals surface area contributed by atoms with Gasteiger partial charge >= 0.3 is 0 Å². The standard InChI is InChI=1S/C16H15Br2NO/c1-11-3-6-13(9-15(11)18)16(20)19(2)10-12-4-7-14(17)8-5-12/h3-9H,10H2,1-2H3. The van der Waals surface area contributed by atoms with Crippen molar-refractivity contribution in [1.29, 1.82) is 0 Å². The number of amides is 1. The van der Waals surface area contributed by atoms with E-state index in [1.54, 1.807) is 4.90 Å². The molecule has 1 amide bonds. The highest BCUT2D eigenvalue weighted by atomic mass is 79.9. The lowest BCUT2D eigenvalue weighted by molar-refractivity contribution is 0.0785. The largest absolute Gasteiger partial charge is 0.337 e. The monoisotopic (exact) mass is 395 g/mol. The van der Waals surface area contributed by atoms with Crippen LogP contribution in [0.3, 0.4) is 0 Å². The highest BCUT2D eigenvalue weighted by molar-refractivity contribution is 9.10. The first-order valence-corrected chi connectivity index (χ1v) is 7.82. The van der Waals surface area contributed by atoms with Gasteiger partial charge in [-0.25, -0.2) is 0 Å². The van der Waals surface area contributed by atoms with Crippen LogP contribution in [0.1, 0.15) is 21.5 Å². The molecule has 104 valence electrons. The van der Waals surface area contributed by atoms with Gasteiger partial charge in [0.05, 0.1) is 0 Å². The van der Waals surface area contributed by atoms with Gasteiger partial charge in [0.1, 0.15) is 0 Å². The quantitative estimate of drug-likeness (QED) is 0.730. The van der Waals surface area contributed by atoms with E-state index in [2.05, 4.69) is 31.9 Å². The van der Waals surface area contributed by atoms with Crippen LogP contribution in [0.5, 0.6) is 0 Å². The van der Waals surface area contributed by atoms with Gasteiger partial charge in [-0.05, 0) is 42.3 Å². The van der Waals surface area contributed by atoms with Crippen molar-refractivity contribution in [1.82, 2.24) is 4.90 Å². The van der Waals surface area contributed by atoms with Crippen LogP contribution in [0, 0.1) is 6.92 Å². The van der Waals surface area contributed by atoms with E-state index < -0.39 is 0 Å². The molecule has 4 heteroatoms. The van der Waals surface area contributed by atoms with E-state index in [9.17, 15) is 4.79 Å². The SMILES string of the molecule is Cc1ccc(C(=O)N(C)Cc2ccc(Br)cc2)cc1Br. The lowest BCUT2D eigenvalue weighted by Crippen LogP contribution is -2.26. The van der Waals surface area contributed by atoms with E-state index in [0.29, 0.717) is 12.1 Å². The van der Waals surface area contributed by atoms with Gasteiger partial charge in [0.25, 0.3) is 5.91 Å². The lowest BCUT2D eigenvalue weighted by Gasteiger charge is -2.18. The van der Waals surface area contributed by atoms with Crippen LogP contribution >= 0.6 is 31.9 Å². The van der Waals surface area contributed by atoms with Crippen molar-refractivity contribution in [3.8, 4) is 0 Å². The van der Waals surface area contributed by atoms with E-state index >= 15 is 0 Å². The molecular weight excluding hydrogens is 382 g/mol. The minimum absolute atomic E-state index is 0.0219. The number of carbonyl (C=O) groups excluding carboxylic acids is 1. The number of rotatable bonds is 3. The molecule has 2 nitrogen and oxygen atoms in total. The molecule has 0 aliphatic heterocycles. The van der Waals surface area contributed by atoms with Crippen molar-refractivity contribution in [3.63, 3.8) is 0 Å². The van der Waals surface area contributed by atoms with Crippen molar-refractivity contribution in [2.45, 2.75) is 13.5 Å². The number of aryl methyl sites for hydroxylation is 1. The Kier molecular flexibility index (Phi) is 5.00. The summed E-state index contributed by atoms with van der Waals surface area (Å²) in [6, 6.07) is 13.7. The minimum Gasteiger partial charge on any atom is -0.337 e. The summed E-state index contributed by atoms with van der Waals surface area (Å²) in [5.74, 6) is 0.0219. The highest BCUT2D eigenvalue weighted by Gasteiger charge is 2.12. The molecule has 0 aliphatic rings. The molecule has 0 atom stereocenters. The molecule has 2 rings (SSSR count). The normalized spacial score (nSPS) is 10.4. The van der Waals surface area contributed by atoms with Crippen molar-refractivity contribution < 1.29 is 4.79 Å². The van der Waals surface area contributed by atoms with E-state index in [4.69, 9.17) is 0 Å². The fourth-order valence-corrected chi connectivity index (χ4v) is 2.52. The van der Waals surface area contributed by atoms with Gasteiger partial charge in [0.2, 0.25) is 0 Å². The summed E-state index contributed by atoms with van der Waals surface area (Å²) >= 11 is 6.87. The van der Waals surface area contributed by atoms with Crippen LogP contribution in [0.4, 0.5) is 0 Å². The first-order chi connectivity index (χ1) is 9.47. The molecule has 0 fully saturated rings. The van der Waals surface area contributed by atoms with E-state index in [0.717, 1.165) is 20.1 Å². The Morgan fingerprint density at radius 3 is 2.35 bits per heavy atom. The van der Waals surface area contributed by atoms with Gasteiger partial charge in [0, 0.05) is 28.1 Å². The van der Waals surface area contributed by atoms with Gasteiger partial charge in [-0.1, -0.05) is 50.1 Å². The van der Waals surface area contributed by atoms with Crippen molar-refractivity contribution in [2.75, 3.05) is 7.05 Å². The van der Waals surface area contributed by atoms with E-state index in [1.807, 2.05) is 56.4 Å². The van der Waals surface area contributed by atoms with Crippen molar-refractivity contribution in [3.05, 3.63) is 68.1 Å². The van der Waals surface area contributed by atoms with Crippen molar-refractivity contribution >= 4 is 37.8 Å². The number of halogens is 2. The summed E-state index contributed by atoms with van der Waals surface area (Å²) in [5.41, 5.74) is 2.93. The van der Waals surface area contributed by atoms with E-state index in [-0.39, 0.29) is 5.91 Å². The number of nitrogens with zero attached hydrogens (tertiary/aromatic N) is 1. The highest BCUT2D eigenvalue weighted by Crippen LogP contribution is 2.19. The fourth-order valence-electron chi connectivity index (χ4n) is 1.88. The Morgan fingerprint density at radius 1 is 1.10 bits per heavy atom. The zero-order valence-electron chi connectivity index (χ0n) is 11.4. The average Bonchev–Trinajstić information content (AvgIpc) is 2.43. The second kappa shape index (κ2) is 6.55. The van der Waals surface area contributed by atoms with Gasteiger partial charge in [0.15, 0.2) is 0 Å². The summed E-state index contributed by atoms with van der Waals surface area (Å²) in [6.07, 6.45) is 0. The van der Waals surface area contributed by atoms with E-state index in [1.165, 1.54) is 0 Å². The number of hydrogen-bond donors (Lipinski definition) is 0. The Bertz CT molecular complexity index is 623. The molecule has 0 radical (unpaired) electrons. The van der Waals surface area contributed by atoms with Crippen LogP contribution in [-0.2, 0) is 6.54 Å². The first kappa shape index (κ1) is 15.3. The number of hydrogen-bond acceptors (Lipinski definition) is 1. The zero-order valence-corrected chi connectivity index (χ0v) is 14.5. The predicted molar refractivity (Wildman–Crippen MR) is 88.8 cm³/mol. The topological polar surface area (TPSA) is 20.3 Å². The molecule has 0 spiro atoms. The molecule has 0 saturated carbocycles. The predicted octanol–water partition coefficient (Wildman–Crippen LogP) is 4.79. The van der Waals surface area contributed by atoms with Crippen LogP contribution in [0.15, 0.2) is 51.4 Å². The Labute approximate surface area is 136 Å². The third-order valence-electron chi connectivity index (χ3n) is 3.10. The summed E-state index contributed by atoms with van der Waals surface area (Å²) in [7, 11) is 1.82. The number of benzene rings is 2. The average molecular weight is 397 g/mol. The third-order valence-corrected chi connectivity index (χ3v) is 4.48. The second-order valence-electron chi connectivity index (χ2n) is 4.75. The maximum absolute atomic E-state index is 12.4. The summed E-state index contributed by atoms with van der Waals surface area (Å²) in [6.45, 7) is 2.60. The summed E-state index contributed by atoms with van der Waals surface area (Å²) in [5, 5.41) is 0. The molecule has 0 heterocycles. The van der Waals surface area contributed by atoms with Crippen LogP contribution in [0.2, 0.25) is 0 Å². The summed E-state index contributed by atoms with van der Waals surface area (Å²) < 4.78 is 2.00. The maximum Gasteiger partial charge on any atom is 0.253 e. The van der Waals surface area contributed by atoms with Gasteiger partial charge < -0.3 is 4.90 Å². The Balaban J connectivity index is 2.11. The molecule has 0 aromatic heterocycles. The fraction of sp³-hybridized carbons (Fsp3) is 0.188. The molecule has 0 N–H and O–H groups in total. The van der Waals surface area contributed by atoms with Gasteiger partial charge in [-0.15, -0.1) is 0 Å². The van der Waals surface area contributed by atoms with Gasteiger partial charge in [-0.2, -0.15) is 0 Å². The molecular formula is C16H15Br2NO. The molecule has 0 saturated heterocycles. The molecule has 0 bridgehead atoms. The Hall–Kier alpha value is -1.13. The molecule has 0 aliphatic carbocycles. The Morgan fingerprint density at radius 2 is 1.75 bits per heavy atom. The van der Waals surface area contributed by atoms with Crippen LogP contribution in [-0.4, -0.2) is 17.9 Å². The summed E-state index contributed by atoms with van der Waals surface area (Å²) in [4.78, 5) is 14.1. The molecule has 2 aromatic rings. The van der Waals surface area contributed by atoms with Crippen LogP contribution < -0.4 is 0 Å². The first-order valence-electron chi connectivity index (χ1n) is 6.23. The minimum atomic E-state index is 0.0219. The zero-order chi connectivity index (χ0) is 14.7. The smallest absolute Gasteiger partial charge is 0.253 e. The number of carbonyl (C=O) groups is 1. The molecule has 0 unspecified atom stereocenters. The lowest BCUT2D eigenvalue weighted by atomic mass is 10.1. The molecule has 20 heavy (non-hydrogen) atoms. The maximum atomic E-state index is 12.4. The third kappa shape index (κ3) is 3.70. The van der Waals surface area contributed by atoms with Crippen molar-refractivity contribution in [2.24, 2.45) is 0 Å².